The Hall–Kier alpha value is -2.04. The van der Waals surface area contributed by atoms with E-state index in [0.29, 0.717) is 11.6 Å². The number of hydrogen-bond acceptors (Lipinski definition) is 5. The molecule has 16 heavy (non-hydrogen) atoms. The Morgan fingerprint density at radius 3 is 2.38 bits per heavy atom. The lowest BCUT2D eigenvalue weighted by molar-refractivity contribution is 0.767. The van der Waals surface area contributed by atoms with Crippen molar-refractivity contribution < 1.29 is 0 Å². The first kappa shape index (κ1) is 10.5. The van der Waals surface area contributed by atoms with Crippen molar-refractivity contribution in [3.63, 3.8) is 0 Å². The fraction of sp³-hybridized carbons (Fsp3) is 0.273. The van der Waals surface area contributed by atoms with Gasteiger partial charge in [-0.25, -0.2) is 4.98 Å². The molecule has 2 rings (SSSR count). The molecule has 5 nitrogen and oxygen atoms in total. The molecule has 0 amide bonds. The molecule has 0 saturated heterocycles. The highest BCUT2D eigenvalue weighted by atomic mass is 15.1. The van der Waals surface area contributed by atoms with Gasteiger partial charge in [0.25, 0.3) is 0 Å². The SMILES string of the molecule is CC(C)c1nc(N)nc(-c2ccncc2)n1. The van der Waals surface area contributed by atoms with Crippen molar-refractivity contribution in [2.75, 3.05) is 5.73 Å². The zero-order chi connectivity index (χ0) is 11.5. The van der Waals surface area contributed by atoms with Crippen molar-refractivity contribution in [1.82, 2.24) is 19.9 Å². The first-order valence-corrected chi connectivity index (χ1v) is 5.08. The van der Waals surface area contributed by atoms with Crippen LogP contribution in [0.25, 0.3) is 11.4 Å². The molecular weight excluding hydrogens is 202 g/mol. The minimum absolute atomic E-state index is 0.228. The van der Waals surface area contributed by atoms with Crippen LogP contribution in [0.15, 0.2) is 24.5 Å². The number of nitrogens with two attached hydrogens (primary N) is 1. The minimum Gasteiger partial charge on any atom is -0.368 e. The molecule has 0 atom stereocenters. The number of hydrogen-bond donors (Lipinski definition) is 1. The molecule has 2 N–H and O–H groups in total. The Bertz CT molecular complexity index is 481. The van der Waals surface area contributed by atoms with Gasteiger partial charge in [0.1, 0.15) is 5.82 Å². The zero-order valence-corrected chi connectivity index (χ0v) is 9.25. The number of aromatic nitrogens is 4. The predicted octanol–water partition coefficient (Wildman–Crippen LogP) is 1.64. The molecule has 5 heteroatoms. The molecule has 0 aromatic carbocycles. The molecule has 0 aliphatic carbocycles. The number of anilines is 1. The highest BCUT2D eigenvalue weighted by Crippen LogP contribution is 2.17. The van der Waals surface area contributed by atoms with E-state index in [2.05, 4.69) is 19.9 Å². The van der Waals surface area contributed by atoms with Crippen LogP contribution in [-0.4, -0.2) is 19.9 Å². The van der Waals surface area contributed by atoms with Gasteiger partial charge in [-0.2, -0.15) is 9.97 Å². The summed E-state index contributed by atoms with van der Waals surface area (Å²) in [6, 6.07) is 3.69. The van der Waals surface area contributed by atoms with E-state index < -0.39 is 0 Å². The maximum Gasteiger partial charge on any atom is 0.223 e. The van der Waals surface area contributed by atoms with Crippen LogP contribution in [0.5, 0.6) is 0 Å². The zero-order valence-electron chi connectivity index (χ0n) is 9.25. The lowest BCUT2D eigenvalue weighted by atomic mass is 10.2. The average molecular weight is 215 g/mol. The molecule has 82 valence electrons. The Morgan fingerprint density at radius 2 is 1.75 bits per heavy atom. The van der Waals surface area contributed by atoms with Gasteiger partial charge in [-0.15, -0.1) is 0 Å². The van der Waals surface area contributed by atoms with E-state index in [1.807, 2.05) is 26.0 Å². The predicted molar refractivity (Wildman–Crippen MR) is 61.6 cm³/mol. The van der Waals surface area contributed by atoms with Crippen molar-refractivity contribution >= 4 is 5.95 Å². The van der Waals surface area contributed by atoms with Crippen LogP contribution in [0.2, 0.25) is 0 Å². The van der Waals surface area contributed by atoms with Gasteiger partial charge in [0.05, 0.1) is 0 Å². The van der Waals surface area contributed by atoms with Crippen LogP contribution in [-0.2, 0) is 0 Å². The van der Waals surface area contributed by atoms with Crippen molar-refractivity contribution in [2.24, 2.45) is 0 Å². The number of rotatable bonds is 2. The number of nitrogens with zero attached hydrogens (tertiary/aromatic N) is 4. The van der Waals surface area contributed by atoms with Gasteiger partial charge < -0.3 is 5.73 Å². The number of pyridine rings is 1. The van der Waals surface area contributed by atoms with E-state index in [-0.39, 0.29) is 11.9 Å². The van der Waals surface area contributed by atoms with Gasteiger partial charge in [-0.3, -0.25) is 4.98 Å². The summed E-state index contributed by atoms with van der Waals surface area (Å²) in [4.78, 5) is 16.5. The average Bonchev–Trinajstić information content (AvgIpc) is 2.29. The third-order valence-corrected chi connectivity index (χ3v) is 2.12. The lowest BCUT2D eigenvalue weighted by Gasteiger charge is -2.06. The summed E-state index contributed by atoms with van der Waals surface area (Å²) in [5, 5.41) is 0. The third-order valence-electron chi connectivity index (χ3n) is 2.12. The van der Waals surface area contributed by atoms with Crippen molar-refractivity contribution in [3.05, 3.63) is 30.4 Å². The van der Waals surface area contributed by atoms with Gasteiger partial charge in [-0.05, 0) is 12.1 Å². The van der Waals surface area contributed by atoms with Crippen LogP contribution in [0, 0.1) is 0 Å². The minimum atomic E-state index is 0.228. The summed E-state index contributed by atoms with van der Waals surface area (Å²) < 4.78 is 0. The van der Waals surface area contributed by atoms with Gasteiger partial charge in [0, 0.05) is 23.9 Å². The highest BCUT2D eigenvalue weighted by molar-refractivity contribution is 5.54. The molecule has 0 fully saturated rings. The topological polar surface area (TPSA) is 77.6 Å². The van der Waals surface area contributed by atoms with Gasteiger partial charge >= 0.3 is 0 Å². The molecule has 0 unspecified atom stereocenters. The van der Waals surface area contributed by atoms with Crippen LogP contribution >= 0.6 is 0 Å². The molecule has 0 saturated carbocycles. The molecule has 2 aromatic heterocycles. The van der Waals surface area contributed by atoms with Crippen LogP contribution < -0.4 is 5.73 Å². The van der Waals surface area contributed by atoms with E-state index in [1.54, 1.807) is 12.4 Å². The molecule has 2 aromatic rings. The lowest BCUT2D eigenvalue weighted by Crippen LogP contribution is -2.06. The fourth-order valence-electron chi connectivity index (χ4n) is 1.30. The smallest absolute Gasteiger partial charge is 0.223 e. The van der Waals surface area contributed by atoms with E-state index >= 15 is 0 Å². The Balaban J connectivity index is 2.50. The Kier molecular flexibility index (Phi) is 2.76. The monoisotopic (exact) mass is 215 g/mol. The summed E-state index contributed by atoms with van der Waals surface area (Å²) in [6.07, 6.45) is 3.40. The molecule has 0 bridgehead atoms. The Labute approximate surface area is 93.8 Å². The van der Waals surface area contributed by atoms with E-state index in [1.165, 1.54) is 0 Å². The largest absolute Gasteiger partial charge is 0.368 e. The second-order valence-electron chi connectivity index (χ2n) is 3.77. The van der Waals surface area contributed by atoms with Gasteiger partial charge in [-0.1, -0.05) is 13.8 Å². The maximum atomic E-state index is 5.66. The van der Waals surface area contributed by atoms with Crippen LogP contribution in [0.4, 0.5) is 5.95 Å². The van der Waals surface area contributed by atoms with Crippen LogP contribution in [0.3, 0.4) is 0 Å². The summed E-state index contributed by atoms with van der Waals surface area (Å²) >= 11 is 0. The maximum absolute atomic E-state index is 5.66. The number of nitrogen functional groups attached to an aromatic ring is 1. The first-order chi connectivity index (χ1) is 7.66. The summed E-state index contributed by atoms with van der Waals surface area (Å²) in [5.41, 5.74) is 6.55. The molecule has 2 heterocycles. The van der Waals surface area contributed by atoms with Crippen molar-refractivity contribution in [1.29, 1.82) is 0 Å². The molecule has 0 aliphatic rings. The fourth-order valence-corrected chi connectivity index (χ4v) is 1.30. The standard InChI is InChI=1S/C11H13N5/c1-7(2)9-14-10(16-11(12)15-9)8-3-5-13-6-4-8/h3-7H,1-2H3,(H2,12,14,15,16). The molecule has 0 radical (unpaired) electrons. The summed E-state index contributed by atoms with van der Waals surface area (Å²) in [7, 11) is 0. The van der Waals surface area contributed by atoms with Gasteiger partial charge in [0.2, 0.25) is 5.95 Å². The van der Waals surface area contributed by atoms with E-state index in [9.17, 15) is 0 Å². The van der Waals surface area contributed by atoms with Gasteiger partial charge in [0.15, 0.2) is 5.82 Å². The normalized spacial score (nSPS) is 10.7. The summed E-state index contributed by atoms with van der Waals surface area (Å²) in [6.45, 7) is 4.04. The van der Waals surface area contributed by atoms with E-state index in [0.717, 1.165) is 5.56 Å². The molecular formula is C11H13N5. The quantitative estimate of drug-likeness (QED) is 0.823. The second kappa shape index (κ2) is 4.22. The van der Waals surface area contributed by atoms with Crippen molar-refractivity contribution in [3.8, 4) is 11.4 Å². The molecule has 0 spiro atoms. The second-order valence-corrected chi connectivity index (χ2v) is 3.77. The highest BCUT2D eigenvalue weighted by Gasteiger charge is 2.08. The third kappa shape index (κ3) is 2.13. The summed E-state index contributed by atoms with van der Waals surface area (Å²) in [5.74, 6) is 1.79. The molecule has 0 aliphatic heterocycles. The Morgan fingerprint density at radius 1 is 1.06 bits per heavy atom. The first-order valence-electron chi connectivity index (χ1n) is 5.08. The van der Waals surface area contributed by atoms with E-state index in [4.69, 9.17) is 5.73 Å². The van der Waals surface area contributed by atoms with Crippen LogP contribution in [0.1, 0.15) is 25.6 Å². The van der Waals surface area contributed by atoms with Crippen molar-refractivity contribution in [2.45, 2.75) is 19.8 Å².